The zero-order valence-electron chi connectivity index (χ0n) is 4.44. The van der Waals surface area contributed by atoms with Gasteiger partial charge >= 0.3 is 6.18 Å². The Morgan fingerprint density at radius 3 is 1.78 bits per heavy atom. The van der Waals surface area contributed by atoms with E-state index in [-0.39, 0.29) is 0 Å². The van der Waals surface area contributed by atoms with Gasteiger partial charge in [-0.05, 0) is 0 Å². The summed E-state index contributed by atoms with van der Waals surface area (Å²) >= 11 is 1.97. The molecule has 0 aliphatic carbocycles. The lowest BCUT2D eigenvalue weighted by atomic mass is 10.8. The molecule has 1 aliphatic heterocycles. The molecule has 5 heteroatoms. The van der Waals surface area contributed by atoms with E-state index in [9.17, 15) is 13.2 Å². The summed E-state index contributed by atoms with van der Waals surface area (Å²) in [4.78, 5) is 0. The van der Waals surface area contributed by atoms with E-state index < -0.39 is 10.8 Å². The molecule has 0 aromatic rings. The Kier molecular flexibility index (Phi) is 2.21. The molecule has 0 amide bonds. The fourth-order valence-electron chi connectivity index (χ4n) is 0.547. The van der Waals surface area contributed by atoms with Gasteiger partial charge in [0.25, 0.3) is 0 Å². The second-order valence-corrected chi connectivity index (χ2v) is 4.34. The van der Waals surface area contributed by atoms with Crippen molar-refractivity contribution in [1.29, 1.82) is 0 Å². The van der Waals surface area contributed by atoms with Crippen molar-refractivity contribution in [3.8, 4) is 0 Å². The van der Waals surface area contributed by atoms with Crippen molar-refractivity contribution in [3.05, 3.63) is 0 Å². The third-order valence-electron chi connectivity index (χ3n) is 0.889. The summed E-state index contributed by atoms with van der Waals surface area (Å²) in [6, 6.07) is 0. The third-order valence-corrected chi connectivity index (χ3v) is 3.98. The van der Waals surface area contributed by atoms with Gasteiger partial charge in [0, 0.05) is 11.5 Å². The van der Waals surface area contributed by atoms with Crippen LogP contribution in [-0.2, 0) is 0 Å². The predicted octanol–water partition coefficient (Wildman–Crippen LogP) is 2.35. The number of hydrogen-bond donors (Lipinski definition) is 0. The SMILES string of the molecule is FC(F)(F)C1SCCS1. The topological polar surface area (TPSA) is 0 Å². The number of rotatable bonds is 0. The van der Waals surface area contributed by atoms with Gasteiger partial charge in [0.05, 0.1) is 0 Å². The lowest BCUT2D eigenvalue weighted by molar-refractivity contribution is -0.112. The molecule has 0 atom stereocenters. The molecule has 1 fully saturated rings. The minimum atomic E-state index is -3.99. The van der Waals surface area contributed by atoms with Crippen LogP contribution >= 0.6 is 23.5 Å². The van der Waals surface area contributed by atoms with Crippen molar-refractivity contribution in [2.24, 2.45) is 0 Å². The highest BCUT2D eigenvalue weighted by molar-refractivity contribution is 8.20. The van der Waals surface area contributed by atoms with Gasteiger partial charge in [0.1, 0.15) is 4.58 Å². The molecule has 0 saturated carbocycles. The van der Waals surface area contributed by atoms with Gasteiger partial charge in [-0.15, -0.1) is 23.5 Å². The molecule has 0 aromatic heterocycles. The van der Waals surface area contributed by atoms with Crippen LogP contribution in [0.15, 0.2) is 0 Å². The van der Waals surface area contributed by atoms with Gasteiger partial charge in [0.15, 0.2) is 0 Å². The average molecular weight is 174 g/mol. The molecule has 0 bridgehead atoms. The summed E-state index contributed by atoms with van der Waals surface area (Å²) in [5, 5.41) is 0. The first-order valence-electron chi connectivity index (χ1n) is 2.40. The highest BCUT2D eigenvalue weighted by atomic mass is 32.2. The van der Waals surface area contributed by atoms with Crippen molar-refractivity contribution in [3.63, 3.8) is 0 Å². The first kappa shape index (κ1) is 7.60. The van der Waals surface area contributed by atoms with Crippen molar-refractivity contribution < 1.29 is 13.2 Å². The van der Waals surface area contributed by atoms with Gasteiger partial charge in [0.2, 0.25) is 0 Å². The van der Waals surface area contributed by atoms with Gasteiger partial charge < -0.3 is 0 Å². The Hall–Kier alpha value is 0.490. The van der Waals surface area contributed by atoms with Gasteiger partial charge in [-0.3, -0.25) is 0 Å². The quantitative estimate of drug-likeness (QED) is 0.553. The minimum absolute atomic E-state index is 0.634. The fourth-order valence-corrected chi connectivity index (χ4v) is 3.09. The fraction of sp³-hybridized carbons (Fsp3) is 1.00. The maximum atomic E-state index is 11.7. The summed E-state index contributed by atoms with van der Waals surface area (Å²) < 4.78 is 34.0. The molecule has 0 spiro atoms. The Balaban J connectivity index is 2.42. The van der Waals surface area contributed by atoms with Crippen molar-refractivity contribution in [1.82, 2.24) is 0 Å². The Morgan fingerprint density at radius 2 is 1.56 bits per heavy atom. The molecule has 1 aliphatic rings. The normalized spacial score (nSPS) is 23.0. The molecule has 1 saturated heterocycles. The van der Waals surface area contributed by atoms with Crippen molar-refractivity contribution in [2.75, 3.05) is 11.5 Å². The van der Waals surface area contributed by atoms with Crippen LogP contribution in [0.1, 0.15) is 0 Å². The van der Waals surface area contributed by atoms with Crippen molar-refractivity contribution in [2.45, 2.75) is 10.8 Å². The first-order chi connectivity index (χ1) is 4.11. The predicted molar refractivity (Wildman–Crippen MR) is 34.8 cm³/mol. The average Bonchev–Trinajstić information content (AvgIpc) is 2.08. The van der Waals surface area contributed by atoms with Crippen LogP contribution < -0.4 is 0 Å². The van der Waals surface area contributed by atoms with E-state index >= 15 is 0 Å². The van der Waals surface area contributed by atoms with Crippen LogP contribution in [0.4, 0.5) is 13.2 Å². The lowest BCUT2D eigenvalue weighted by Crippen LogP contribution is -2.19. The molecule has 1 rings (SSSR count). The van der Waals surface area contributed by atoms with E-state index in [2.05, 4.69) is 0 Å². The van der Waals surface area contributed by atoms with Crippen LogP contribution in [-0.4, -0.2) is 22.3 Å². The van der Waals surface area contributed by atoms with Crippen LogP contribution in [0.5, 0.6) is 0 Å². The zero-order chi connectivity index (χ0) is 6.91. The zero-order valence-corrected chi connectivity index (χ0v) is 6.07. The minimum Gasteiger partial charge on any atom is -0.169 e. The van der Waals surface area contributed by atoms with Crippen LogP contribution in [0.25, 0.3) is 0 Å². The summed E-state index contributed by atoms with van der Waals surface area (Å²) in [5.74, 6) is 1.27. The standard InChI is InChI=1S/C4H5F3S2/c5-4(6,7)3-8-1-2-9-3/h3H,1-2H2. The molecule has 0 aromatic carbocycles. The Morgan fingerprint density at radius 1 is 1.11 bits per heavy atom. The number of halogens is 3. The highest BCUT2D eigenvalue weighted by Crippen LogP contribution is 2.42. The maximum absolute atomic E-state index is 11.7. The highest BCUT2D eigenvalue weighted by Gasteiger charge is 2.42. The maximum Gasteiger partial charge on any atom is 0.409 e. The second-order valence-electron chi connectivity index (χ2n) is 1.62. The van der Waals surface area contributed by atoms with Crippen molar-refractivity contribution >= 4 is 23.5 Å². The molecule has 54 valence electrons. The van der Waals surface area contributed by atoms with E-state index in [0.717, 1.165) is 23.5 Å². The van der Waals surface area contributed by atoms with Gasteiger partial charge in [-0.25, -0.2) is 0 Å². The largest absolute Gasteiger partial charge is 0.409 e. The second kappa shape index (κ2) is 2.62. The Bertz CT molecular complexity index is 94.5. The lowest BCUT2D eigenvalue weighted by Gasteiger charge is -2.10. The van der Waals surface area contributed by atoms with E-state index in [0.29, 0.717) is 11.5 Å². The van der Waals surface area contributed by atoms with Crippen LogP contribution in [0, 0.1) is 0 Å². The summed E-state index contributed by atoms with van der Waals surface area (Å²) in [6.07, 6.45) is -3.99. The first-order valence-corrected chi connectivity index (χ1v) is 4.50. The van der Waals surface area contributed by atoms with Gasteiger partial charge in [-0.1, -0.05) is 0 Å². The van der Waals surface area contributed by atoms with E-state index in [1.54, 1.807) is 0 Å². The molecule has 0 radical (unpaired) electrons. The van der Waals surface area contributed by atoms with Gasteiger partial charge in [-0.2, -0.15) is 13.2 Å². The summed E-state index contributed by atoms with van der Waals surface area (Å²) in [5.41, 5.74) is 0. The third kappa shape index (κ3) is 1.97. The monoisotopic (exact) mass is 174 g/mol. The van der Waals surface area contributed by atoms with E-state index in [1.807, 2.05) is 0 Å². The number of thioether (sulfide) groups is 2. The summed E-state index contributed by atoms with van der Waals surface area (Å²) in [6.45, 7) is 0. The number of hydrogen-bond acceptors (Lipinski definition) is 2. The molecule has 0 N–H and O–H groups in total. The molecule has 0 unspecified atom stereocenters. The number of alkyl halides is 3. The smallest absolute Gasteiger partial charge is 0.169 e. The molecule has 1 heterocycles. The molecular formula is C4H5F3S2. The Labute approximate surface area is 59.6 Å². The molecule has 0 nitrogen and oxygen atoms in total. The van der Waals surface area contributed by atoms with E-state index in [1.165, 1.54) is 0 Å². The summed E-state index contributed by atoms with van der Waals surface area (Å²) in [7, 11) is 0. The molecular weight excluding hydrogens is 169 g/mol. The molecule has 9 heavy (non-hydrogen) atoms. The van der Waals surface area contributed by atoms with Crippen LogP contribution in [0.3, 0.4) is 0 Å². The van der Waals surface area contributed by atoms with Crippen LogP contribution in [0.2, 0.25) is 0 Å². The van der Waals surface area contributed by atoms with E-state index in [4.69, 9.17) is 0 Å².